The maximum absolute atomic E-state index is 3.49. The van der Waals surface area contributed by atoms with Crippen molar-refractivity contribution in [3.63, 3.8) is 0 Å². The second-order valence-electron chi connectivity index (χ2n) is 12.9. The van der Waals surface area contributed by atoms with Crippen LogP contribution in [0.1, 0.15) is 44.9 Å². The lowest BCUT2D eigenvalue weighted by atomic mass is 9.48. The molecule has 0 aliphatic heterocycles. The van der Waals surface area contributed by atoms with Crippen LogP contribution < -0.4 is 0 Å². The van der Waals surface area contributed by atoms with Crippen molar-refractivity contribution in [1.29, 1.82) is 0 Å². The molecule has 0 nitrogen and oxygen atoms in total. The highest BCUT2D eigenvalue weighted by atomic mass is 31.0. The molecule has 7 aromatic rings. The third-order valence-electron chi connectivity index (χ3n) is 10.6. The first-order chi connectivity index (χ1) is 23.6. The Morgan fingerprint density at radius 2 is 0.792 bits per heavy atom. The van der Waals surface area contributed by atoms with Gasteiger partial charge in [0.15, 0.2) is 0 Å². The summed E-state index contributed by atoms with van der Waals surface area (Å²) in [7, 11) is 6.99. The normalized spacial score (nSPS) is 15.6. The Balaban J connectivity index is 1.64. The number of fused-ring (bicyclic) bond motifs is 2. The van der Waals surface area contributed by atoms with E-state index in [0.29, 0.717) is 0 Å². The molecule has 0 bridgehead atoms. The molecule has 1 aliphatic carbocycles. The fourth-order valence-corrected chi connectivity index (χ4v) is 10.4. The molecule has 0 heterocycles. The Kier molecular flexibility index (Phi) is 7.97. The summed E-state index contributed by atoms with van der Waals surface area (Å²) in [4.78, 5) is 0. The van der Waals surface area contributed by atoms with Gasteiger partial charge in [-0.1, -0.05) is 200 Å². The average Bonchev–Trinajstić information content (AvgIpc) is 3.18. The van der Waals surface area contributed by atoms with E-state index in [0.717, 1.165) is 0 Å². The van der Waals surface area contributed by atoms with Gasteiger partial charge in [0.2, 0.25) is 0 Å². The molecule has 0 N–H and O–H groups in total. The summed E-state index contributed by atoms with van der Waals surface area (Å²) in [5.74, 6) is -0.0689. The van der Waals surface area contributed by atoms with Gasteiger partial charge in [0.05, 0.1) is 0 Å². The summed E-state index contributed by atoms with van der Waals surface area (Å²) in [5, 5.41) is 1.29. The third-order valence-corrected chi connectivity index (χ3v) is 12.9. The van der Waals surface area contributed by atoms with E-state index in [1.54, 1.807) is 0 Å². The lowest BCUT2D eigenvalue weighted by Gasteiger charge is -2.62. The fraction of sp³-hybridized carbons (Fsp3) is 0.0870. The van der Waals surface area contributed by atoms with Crippen LogP contribution in [0.3, 0.4) is 0 Å². The van der Waals surface area contributed by atoms with Gasteiger partial charge < -0.3 is 0 Å². The van der Waals surface area contributed by atoms with E-state index in [2.05, 4.69) is 219 Å². The SMILES string of the molecule is PC(c1ccccc1)(c1ccccc1)C1(C(P)(c2ccccc2)c2ccccc2)C=Cc2ccccc2C1c1cccc2ccccc12. The molecule has 0 amide bonds. The highest BCUT2D eigenvalue weighted by molar-refractivity contribution is 7.21. The van der Waals surface area contributed by atoms with Crippen LogP contribution in [0, 0.1) is 5.41 Å². The van der Waals surface area contributed by atoms with E-state index < -0.39 is 15.7 Å². The van der Waals surface area contributed by atoms with Crippen molar-refractivity contribution < 1.29 is 0 Å². The van der Waals surface area contributed by atoms with E-state index in [1.807, 2.05) is 0 Å². The number of allylic oxidation sites excluding steroid dienone is 1. The Hall–Kier alpha value is -4.60. The molecule has 0 saturated carbocycles. The Labute approximate surface area is 289 Å². The second-order valence-corrected chi connectivity index (χ2v) is 14.6. The zero-order chi connectivity index (χ0) is 32.6. The number of benzene rings is 7. The summed E-state index contributed by atoms with van der Waals surface area (Å²) in [6.45, 7) is 0. The average molecular weight is 653 g/mol. The smallest absolute Gasteiger partial charge is 0.0458 e. The van der Waals surface area contributed by atoms with E-state index in [4.69, 9.17) is 0 Å². The van der Waals surface area contributed by atoms with Crippen molar-refractivity contribution in [2.75, 3.05) is 0 Å². The number of rotatable bonds is 7. The molecular formula is C46H38P2. The van der Waals surface area contributed by atoms with Crippen molar-refractivity contribution >= 4 is 35.3 Å². The van der Waals surface area contributed by atoms with Crippen LogP contribution in [0.15, 0.2) is 194 Å². The summed E-state index contributed by atoms with van der Waals surface area (Å²) >= 11 is 0. The number of hydrogen-bond acceptors (Lipinski definition) is 0. The number of hydrogen-bond donors (Lipinski definition) is 0. The summed E-state index contributed by atoms with van der Waals surface area (Å²) in [5.41, 5.74) is 8.25. The van der Waals surface area contributed by atoms with Crippen LogP contribution in [-0.2, 0) is 10.3 Å². The molecule has 7 aromatic carbocycles. The van der Waals surface area contributed by atoms with Gasteiger partial charge in [-0.05, 0) is 49.7 Å². The Morgan fingerprint density at radius 3 is 1.31 bits per heavy atom. The van der Waals surface area contributed by atoms with Crippen LogP contribution in [0.4, 0.5) is 0 Å². The molecule has 232 valence electrons. The molecule has 48 heavy (non-hydrogen) atoms. The van der Waals surface area contributed by atoms with Gasteiger partial charge in [-0.3, -0.25) is 0 Å². The highest BCUT2D eigenvalue weighted by Crippen LogP contribution is 2.73. The molecule has 0 radical (unpaired) electrons. The summed E-state index contributed by atoms with van der Waals surface area (Å²) < 4.78 is 0. The lowest BCUT2D eigenvalue weighted by Crippen LogP contribution is -2.57. The molecule has 0 fully saturated rings. The van der Waals surface area contributed by atoms with Gasteiger partial charge in [-0.25, -0.2) is 0 Å². The first kappa shape index (κ1) is 30.7. The predicted molar refractivity (Wildman–Crippen MR) is 210 cm³/mol. The van der Waals surface area contributed by atoms with E-state index in [1.165, 1.54) is 49.7 Å². The third kappa shape index (κ3) is 4.58. The molecule has 3 atom stereocenters. The Bertz CT molecular complexity index is 2030. The highest BCUT2D eigenvalue weighted by Gasteiger charge is 2.65. The monoisotopic (exact) mass is 652 g/mol. The zero-order valence-electron chi connectivity index (χ0n) is 26.8. The van der Waals surface area contributed by atoms with Crippen molar-refractivity contribution in [2.24, 2.45) is 5.41 Å². The minimum Gasteiger partial charge on any atom is -0.121 e. The maximum atomic E-state index is 3.49. The molecule has 0 spiro atoms. The van der Waals surface area contributed by atoms with Crippen LogP contribution in [0.25, 0.3) is 16.8 Å². The largest absolute Gasteiger partial charge is 0.121 e. The quantitative estimate of drug-likeness (QED) is 0.150. The molecule has 3 unspecified atom stereocenters. The van der Waals surface area contributed by atoms with Crippen molar-refractivity contribution in [2.45, 2.75) is 16.2 Å². The van der Waals surface area contributed by atoms with Gasteiger partial charge >= 0.3 is 0 Å². The van der Waals surface area contributed by atoms with Crippen LogP contribution in [0.5, 0.6) is 0 Å². The van der Waals surface area contributed by atoms with Gasteiger partial charge in [0.1, 0.15) is 0 Å². The first-order valence-corrected chi connectivity index (χ1v) is 17.8. The standard InChI is InChI=1S/C46H38P2/c47-45(36-21-5-1-6-22-36,37-23-7-2-8-24-37)44(46(48,38-25-9-3-10-26-38)39-27-11-4-12-28-39)33-32-35-19-14-16-30-41(35)43(44)42-31-17-20-34-18-13-15-29-40(34)42/h1-33,43H,47-48H2. The van der Waals surface area contributed by atoms with Crippen molar-refractivity contribution in [3.05, 3.63) is 233 Å². The van der Waals surface area contributed by atoms with Crippen molar-refractivity contribution in [1.82, 2.24) is 0 Å². The minimum atomic E-state index is -0.640. The summed E-state index contributed by atoms with van der Waals surface area (Å²) in [6, 6.07) is 69.3. The molecule has 0 saturated heterocycles. The van der Waals surface area contributed by atoms with E-state index >= 15 is 0 Å². The topological polar surface area (TPSA) is 0 Å². The predicted octanol–water partition coefficient (Wildman–Crippen LogP) is 11.6. The van der Waals surface area contributed by atoms with Crippen molar-refractivity contribution in [3.8, 4) is 0 Å². The lowest BCUT2D eigenvalue weighted by molar-refractivity contribution is 0.204. The van der Waals surface area contributed by atoms with Crippen LogP contribution in [-0.4, -0.2) is 0 Å². The van der Waals surface area contributed by atoms with Gasteiger partial charge in [0, 0.05) is 21.6 Å². The molecular weight excluding hydrogens is 614 g/mol. The van der Waals surface area contributed by atoms with Crippen LogP contribution >= 0.6 is 18.5 Å². The Morgan fingerprint density at radius 1 is 0.396 bits per heavy atom. The first-order valence-electron chi connectivity index (χ1n) is 16.6. The molecule has 8 rings (SSSR count). The maximum Gasteiger partial charge on any atom is 0.0458 e. The van der Waals surface area contributed by atoms with E-state index in [9.17, 15) is 0 Å². The minimum absolute atomic E-state index is 0.0689. The second kappa shape index (κ2) is 12.5. The van der Waals surface area contributed by atoms with Gasteiger partial charge in [0.25, 0.3) is 0 Å². The van der Waals surface area contributed by atoms with Gasteiger partial charge in [-0.2, -0.15) is 0 Å². The van der Waals surface area contributed by atoms with Gasteiger partial charge in [-0.15, -0.1) is 18.5 Å². The van der Waals surface area contributed by atoms with Crippen LogP contribution in [0.2, 0.25) is 0 Å². The molecule has 0 aromatic heterocycles. The van der Waals surface area contributed by atoms with E-state index in [-0.39, 0.29) is 5.92 Å². The zero-order valence-corrected chi connectivity index (χ0v) is 29.1. The fourth-order valence-electron chi connectivity index (χ4n) is 8.53. The summed E-state index contributed by atoms with van der Waals surface area (Å²) in [6.07, 6.45) is 4.97. The molecule has 1 aliphatic rings. The molecule has 2 heteroatoms.